The number of thioether (sulfide) groups is 1. The van der Waals surface area contributed by atoms with Gasteiger partial charge in [0.25, 0.3) is 0 Å². The summed E-state index contributed by atoms with van der Waals surface area (Å²) in [5, 5.41) is 15.2. The summed E-state index contributed by atoms with van der Waals surface area (Å²) in [6.07, 6.45) is 0. The first-order chi connectivity index (χ1) is 14.1. The molecule has 1 N–H and O–H groups in total. The Balaban J connectivity index is 1.63. The van der Waals surface area contributed by atoms with Crippen LogP contribution in [0.4, 0.5) is 5.69 Å². The van der Waals surface area contributed by atoms with Crippen molar-refractivity contribution in [3.63, 3.8) is 0 Å². The minimum atomic E-state index is -0.167. The van der Waals surface area contributed by atoms with Crippen LogP contribution < -0.4 is 14.8 Å². The molecule has 3 aromatic rings. The number of anilines is 1. The van der Waals surface area contributed by atoms with Crippen LogP contribution in [0, 0.1) is 6.92 Å². The second kappa shape index (κ2) is 9.92. The van der Waals surface area contributed by atoms with E-state index in [0.29, 0.717) is 35.6 Å². The Morgan fingerprint density at radius 2 is 1.79 bits per heavy atom. The second-order valence-electron chi connectivity index (χ2n) is 6.07. The van der Waals surface area contributed by atoms with E-state index in [0.717, 1.165) is 11.3 Å². The van der Waals surface area contributed by atoms with E-state index in [9.17, 15) is 4.79 Å². The van der Waals surface area contributed by atoms with Gasteiger partial charge in [-0.25, -0.2) is 0 Å². The maximum atomic E-state index is 12.4. The lowest BCUT2D eigenvalue weighted by Gasteiger charge is -2.13. The van der Waals surface area contributed by atoms with Crippen molar-refractivity contribution in [2.24, 2.45) is 0 Å². The third kappa shape index (κ3) is 5.47. The van der Waals surface area contributed by atoms with Crippen molar-refractivity contribution in [2.45, 2.75) is 25.9 Å². The number of hydrogen-bond acceptors (Lipinski definition) is 7. The highest BCUT2D eigenvalue weighted by Gasteiger charge is 2.13. The number of carbonyl (C=O) groups excluding carboxylic acids is 1. The van der Waals surface area contributed by atoms with Crippen LogP contribution in [0.15, 0.2) is 47.6 Å². The van der Waals surface area contributed by atoms with Crippen LogP contribution in [0.2, 0.25) is 0 Å². The van der Waals surface area contributed by atoms with Crippen molar-refractivity contribution in [1.29, 1.82) is 0 Å². The fourth-order valence-electron chi connectivity index (χ4n) is 2.57. The molecule has 0 aliphatic carbocycles. The lowest BCUT2D eigenvalue weighted by Crippen LogP contribution is -2.15. The van der Waals surface area contributed by atoms with Crippen molar-refractivity contribution in [3.05, 3.63) is 48.0 Å². The molecule has 1 amide bonds. The van der Waals surface area contributed by atoms with E-state index >= 15 is 0 Å². The molecule has 0 saturated heterocycles. The number of nitrogens with zero attached hydrogens (tertiary/aromatic N) is 4. The Kier molecular flexibility index (Phi) is 7.07. The standard InChI is InChI=1S/C20H23N5O3S/c1-4-27-17-11-8-15(12-18(17)28-5-2)21-19(26)13-29-20-22-23-24-25(20)16-9-6-14(3)7-10-16/h6-12H,4-5,13H2,1-3H3,(H,21,26). The summed E-state index contributed by atoms with van der Waals surface area (Å²) >= 11 is 1.26. The molecule has 0 radical (unpaired) electrons. The Hall–Kier alpha value is -3.07. The molecule has 0 unspecified atom stereocenters. The van der Waals surface area contributed by atoms with Crippen molar-refractivity contribution < 1.29 is 14.3 Å². The zero-order valence-electron chi connectivity index (χ0n) is 16.6. The van der Waals surface area contributed by atoms with E-state index in [1.54, 1.807) is 22.9 Å². The summed E-state index contributed by atoms with van der Waals surface area (Å²) in [4.78, 5) is 12.4. The molecular weight excluding hydrogens is 390 g/mol. The van der Waals surface area contributed by atoms with E-state index in [1.807, 2.05) is 45.0 Å². The number of aromatic nitrogens is 4. The quantitative estimate of drug-likeness (QED) is 0.537. The summed E-state index contributed by atoms with van der Waals surface area (Å²) in [6, 6.07) is 13.2. The highest BCUT2D eigenvalue weighted by atomic mass is 32.2. The molecule has 0 aliphatic heterocycles. The number of aryl methyl sites for hydroxylation is 1. The molecule has 0 bridgehead atoms. The van der Waals surface area contributed by atoms with Gasteiger partial charge in [-0.15, -0.1) is 5.10 Å². The molecule has 0 atom stereocenters. The molecule has 1 aromatic heterocycles. The number of nitrogens with one attached hydrogen (secondary N) is 1. The van der Waals surface area contributed by atoms with Crippen molar-refractivity contribution in [1.82, 2.24) is 20.2 Å². The molecule has 152 valence electrons. The van der Waals surface area contributed by atoms with Gasteiger partial charge in [0.1, 0.15) is 0 Å². The summed E-state index contributed by atoms with van der Waals surface area (Å²) < 4.78 is 12.7. The third-order valence-electron chi connectivity index (χ3n) is 3.88. The van der Waals surface area contributed by atoms with Crippen molar-refractivity contribution >= 4 is 23.4 Å². The lowest BCUT2D eigenvalue weighted by molar-refractivity contribution is -0.113. The fraction of sp³-hybridized carbons (Fsp3) is 0.300. The normalized spacial score (nSPS) is 10.6. The zero-order valence-corrected chi connectivity index (χ0v) is 17.4. The SMILES string of the molecule is CCOc1ccc(NC(=O)CSc2nnnn2-c2ccc(C)cc2)cc1OCC. The monoisotopic (exact) mass is 413 g/mol. The molecule has 2 aromatic carbocycles. The average Bonchev–Trinajstić information content (AvgIpc) is 3.18. The predicted molar refractivity (Wildman–Crippen MR) is 112 cm³/mol. The maximum Gasteiger partial charge on any atom is 0.234 e. The van der Waals surface area contributed by atoms with Gasteiger partial charge in [0, 0.05) is 11.8 Å². The van der Waals surface area contributed by atoms with Gasteiger partial charge in [-0.05, 0) is 55.5 Å². The van der Waals surface area contributed by atoms with Crippen LogP contribution >= 0.6 is 11.8 Å². The van der Waals surface area contributed by atoms with Crippen LogP contribution in [0.1, 0.15) is 19.4 Å². The van der Waals surface area contributed by atoms with E-state index in [-0.39, 0.29) is 11.7 Å². The molecule has 0 spiro atoms. The summed E-state index contributed by atoms with van der Waals surface area (Å²) in [6.45, 7) is 6.87. The highest BCUT2D eigenvalue weighted by molar-refractivity contribution is 7.99. The molecule has 1 heterocycles. The molecule has 8 nitrogen and oxygen atoms in total. The Morgan fingerprint density at radius 1 is 1.07 bits per heavy atom. The molecule has 0 aliphatic rings. The largest absolute Gasteiger partial charge is 0.490 e. The predicted octanol–water partition coefficient (Wildman–Crippen LogP) is 3.50. The molecular formula is C20H23N5O3S. The third-order valence-corrected chi connectivity index (χ3v) is 4.80. The number of ether oxygens (including phenoxy) is 2. The van der Waals surface area contributed by atoms with Gasteiger partial charge in [-0.2, -0.15) is 4.68 Å². The van der Waals surface area contributed by atoms with E-state index in [1.165, 1.54) is 11.8 Å². The lowest BCUT2D eigenvalue weighted by atomic mass is 10.2. The first-order valence-corrected chi connectivity index (χ1v) is 10.3. The molecule has 3 rings (SSSR count). The van der Waals surface area contributed by atoms with Crippen LogP contribution in [0.5, 0.6) is 11.5 Å². The molecule has 9 heteroatoms. The fourth-order valence-corrected chi connectivity index (χ4v) is 3.26. The zero-order chi connectivity index (χ0) is 20.6. The molecule has 0 fully saturated rings. The first-order valence-electron chi connectivity index (χ1n) is 9.28. The van der Waals surface area contributed by atoms with Gasteiger partial charge in [0.15, 0.2) is 11.5 Å². The van der Waals surface area contributed by atoms with Gasteiger partial charge >= 0.3 is 0 Å². The van der Waals surface area contributed by atoms with Crippen LogP contribution in [0.25, 0.3) is 5.69 Å². The van der Waals surface area contributed by atoms with Gasteiger partial charge < -0.3 is 14.8 Å². The van der Waals surface area contributed by atoms with Crippen LogP contribution in [-0.2, 0) is 4.79 Å². The summed E-state index contributed by atoms with van der Waals surface area (Å²) in [5.74, 6) is 1.26. The van der Waals surface area contributed by atoms with Crippen molar-refractivity contribution in [3.8, 4) is 17.2 Å². The van der Waals surface area contributed by atoms with E-state index < -0.39 is 0 Å². The van der Waals surface area contributed by atoms with E-state index in [4.69, 9.17) is 9.47 Å². The summed E-state index contributed by atoms with van der Waals surface area (Å²) in [5.41, 5.74) is 2.63. The highest BCUT2D eigenvalue weighted by Crippen LogP contribution is 2.30. The Morgan fingerprint density at radius 3 is 2.52 bits per heavy atom. The minimum Gasteiger partial charge on any atom is -0.490 e. The number of rotatable bonds is 9. The van der Waals surface area contributed by atoms with Gasteiger partial charge in [0.2, 0.25) is 11.1 Å². The number of hydrogen-bond donors (Lipinski definition) is 1. The van der Waals surface area contributed by atoms with Gasteiger partial charge in [0.05, 0.1) is 24.7 Å². The maximum absolute atomic E-state index is 12.4. The number of tetrazole rings is 1. The average molecular weight is 414 g/mol. The van der Waals surface area contributed by atoms with E-state index in [2.05, 4.69) is 20.8 Å². The number of benzene rings is 2. The van der Waals surface area contributed by atoms with Crippen molar-refractivity contribution in [2.75, 3.05) is 24.3 Å². The van der Waals surface area contributed by atoms with Crippen LogP contribution in [-0.4, -0.2) is 45.1 Å². The number of amides is 1. The Bertz CT molecular complexity index is 959. The van der Waals surface area contributed by atoms with Crippen LogP contribution in [0.3, 0.4) is 0 Å². The minimum absolute atomic E-state index is 0.167. The van der Waals surface area contributed by atoms with Gasteiger partial charge in [-0.1, -0.05) is 29.5 Å². The smallest absolute Gasteiger partial charge is 0.234 e. The molecule has 0 saturated carbocycles. The Labute approximate surface area is 173 Å². The van der Waals surface area contributed by atoms with Gasteiger partial charge in [-0.3, -0.25) is 4.79 Å². The molecule has 29 heavy (non-hydrogen) atoms. The second-order valence-corrected chi connectivity index (χ2v) is 7.02. The topological polar surface area (TPSA) is 91.2 Å². The first kappa shape index (κ1) is 20.7. The summed E-state index contributed by atoms with van der Waals surface area (Å²) in [7, 11) is 0. The number of carbonyl (C=O) groups is 1.